The van der Waals surface area contributed by atoms with E-state index in [1.807, 2.05) is 0 Å². The van der Waals surface area contributed by atoms with Gasteiger partial charge in [-0.3, -0.25) is 9.59 Å². The van der Waals surface area contributed by atoms with Crippen LogP contribution in [0.4, 0.5) is 0 Å². The van der Waals surface area contributed by atoms with Gasteiger partial charge < -0.3 is 9.47 Å². The topological polar surface area (TPSA) is 68.2 Å². The molecule has 1 spiro atoms. The van der Waals surface area contributed by atoms with E-state index < -0.39 is 0 Å². The summed E-state index contributed by atoms with van der Waals surface area (Å²) in [4.78, 5) is 25.8. The highest BCUT2D eigenvalue weighted by Gasteiger charge is 2.73. The van der Waals surface area contributed by atoms with Crippen LogP contribution in [0.5, 0.6) is 11.5 Å². The quantitative estimate of drug-likeness (QED) is 0.473. The number of amides is 2. The minimum atomic E-state index is -0.232. The third-order valence-electron chi connectivity index (χ3n) is 6.58. The maximum atomic E-state index is 12.9. The van der Waals surface area contributed by atoms with Crippen LogP contribution in [-0.4, -0.2) is 37.3 Å². The van der Waals surface area contributed by atoms with Crippen LogP contribution in [0.15, 0.2) is 35.5 Å². The standard InChI is InChI=1S/C20H20N2O4/c1-25-12-3-6-15(26-2)11(9-12)10-21-22-18(23)16-13-4-5-14(17(16)19(22)24)20(13)7-8-20/h3-6,9-10,13-14,16-17H,7-8H2,1-2H3/b21-10-/t13-,14+,16-,17+. The summed E-state index contributed by atoms with van der Waals surface area (Å²) < 4.78 is 10.5. The zero-order valence-corrected chi connectivity index (χ0v) is 14.7. The van der Waals surface area contributed by atoms with Gasteiger partial charge in [-0.2, -0.15) is 10.1 Å². The van der Waals surface area contributed by atoms with Crippen LogP contribution in [-0.2, 0) is 9.59 Å². The lowest BCUT2D eigenvalue weighted by Gasteiger charge is -2.18. The SMILES string of the molecule is COc1ccc(OC)c(/C=N\N2C(=O)[C@@H]3[C@H](C2=O)[C@H]2C=C[C@@H]3C23CC3)c1. The summed E-state index contributed by atoms with van der Waals surface area (Å²) in [6, 6.07) is 5.31. The molecule has 1 aromatic carbocycles. The van der Waals surface area contributed by atoms with Crippen molar-refractivity contribution in [3.8, 4) is 11.5 Å². The number of hydrazone groups is 1. The van der Waals surface area contributed by atoms with Gasteiger partial charge in [0.15, 0.2) is 0 Å². The van der Waals surface area contributed by atoms with E-state index in [1.54, 1.807) is 32.4 Å². The Bertz CT molecular complexity index is 837. The first-order valence-electron chi connectivity index (χ1n) is 8.93. The van der Waals surface area contributed by atoms with Crippen LogP contribution in [0.3, 0.4) is 0 Å². The van der Waals surface area contributed by atoms with Crippen LogP contribution < -0.4 is 9.47 Å². The Morgan fingerprint density at radius 2 is 1.73 bits per heavy atom. The van der Waals surface area contributed by atoms with Gasteiger partial charge in [0.2, 0.25) is 0 Å². The van der Waals surface area contributed by atoms with Gasteiger partial charge in [-0.1, -0.05) is 12.2 Å². The molecule has 134 valence electrons. The summed E-state index contributed by atoms with van der Waals surface area (Å²) >= 11 is 0. The number of rotatable bonds is 4. The van der Waals surface area contributed by atoms with E-state index in [0.29, 0.717) is 17.1 Å². The molecule has 5 rings (SSSR count). The lowest BCUT2D eigenvalue weighted by molar-refractivity contribution is -0.141. The Balaban J connectivity index is 1.44. The highest BCUT2D eigenvalue weighted by Crippen LogP contribution is 2.73. The smallest absolute Gasteiger partial charge is 0.254 e. The van der Waals surface area contributed by atoms with Gasteiger partial charge in [0.1, 0.15) is 11.5 Å². The molecule has 6 heteroatoms. The lowest BCUT2D eigenvalue weighted by Crippen LogP contribution is -2.30. The molecule has 2 bridgehead atoms. The van der Waals surface area contributed by atoms with Crippen molar-refractivity contribution in [3.63, 3.8) is 0 Å². The molecular formula is C20H20N2O4. The average molecular weight is 352 g/mol. The maximum Gasteiger partial charge on any atom is 0.254 e. The number of fused-ring (bicyclic) bond motifs is 3. The predicted molar refractivity (Wildman–Crippen MR) is 93.8 cm³/mol. The average Bonchev–Trinajstić information content (AvgIpc) is 3.26. The van der Waals surface area contributed by atoms with E-state index in [4.69, 9.17) is 9.47 Å². The normalized spacial score (nSPS) is 32.8. The van der Waals surface area contributed by atoms with Crippen molar-refractivity contribution in [2.75, 3.05) is 14.2 Å². The molecule has 0 N–H and O–H groups in total. The second kappa shape index (κ2) is 5.19. The van der Waals surface area contributed by atoms with Gasteiger partial charge in [-0.15, -0.1) is 0 Å². The molecule has 0 unspecified atom stereocenters. The first-order valence-corrected chi connectivity index (χ1v) is 8.93. The summed E-state index contributed by atoms with van der Waals surface area (Å²) in [5.74, 6) is 0.880. The van der Waals surface area contributed by atoms with E-state index in [0.717, 1.165) is 17.9 Å². The summed E-state index contributed by atoms with van der Waals surface area (Å²) in [7, 11) is 3.14. The molecule has 3 fully saturated rings. The fourth-order valence-corrected chi connectivity index (χ4v) is 5.24. The van der Waals surface area contributed by atoms with E-state index in [9.17, 15) is 9.59 Å². The second-order valence-electron chi connectivity index (χ2n) is 7.56. The van der Waals surface area contributed by atoms with Crippen molar-refractivity contribution in [1.29, 1.82) is 0 Å². The molecule has 26 heavy (non-hydrogen) atoms. The van der Waals surface area contributed by atoms with E-state index in [2.05, 4.69) is 17.3 Å². The molecule has 0 radical (unpaired) electrons. The van der Waals surface area contributed by atoms with Crippen molar-refractivity contribution in [3.05, 3.63) is 35.9 Å². The minimum Gasteiger partial charge on any atom is -0.497 e. The lowest BCUT2D eigenvalue weighted by atomic mass is 9.85. The van der Waals surface area contributed by atoms with Crippen molar-refractivity contribution in [1.82, 2.24) is 5.01 Å². The molecule has 2 amide bonds. The monoisotopic (exact) mass is 352 g/mol. The molecule has 1 aromatic rings. The largest absolute Gasteiger partial charge is 0.497 e. The highest BCUT2D eigenvalue weighted by atomic mass is 16.5. The third-order valence-corrected chi connectivity index (χ3v) is 6.58. The molecular weight excluding hydrogens is 332 g/mol. The predicted octanol–water partition coefficient (Wildman–Crippen LogP) is 2.23. The van der Waals surface area contributed by atoms with Crippen LogP contribution >= 0.6 is 0 Å². The van der Waals surface area contributed by atoms with Crippen molar-refractivity contribution >= 4 is 18.0 Å². The molecule has 1 saturated heterocycles. The van der Waals surface area contributed by atoms with E-state index >= 15 is 0 Å². The minimum absolute atomic E-state index is 0.166. The first kappa shape index (κ1) is 15.6. The Morgan fingerprint density at radius 3 is 2.27 bits per heavy atom. The van der Waals surface area contributed by atoms with Gasteiger partial charge in [0, 0.05) is 5.56 Å². The van der Waals surface area contributed by atoms with Crippen molar-refractivity contribution in [2.45, 2.75) is 12.8 Å². The van der Waals surface area contributed by atoms with Gasteiger partial charge in [0.05, 0.1) is 32.3 Å². The zero-order chi connectivity index (χ0) is 18.1. The van der Waals surface area contributed by atoms with Gasteiger partial charge in [0.25, 0.3) is 11.8 Å². The van der Waals surface area contributed by atoms with E-state index in [-0.39, 0.29) is 40.9 Å². The third kappa shape index (κ3) is 1.84. The number of allylic oxidation sites excluding steroid dienone is 2. The van der Waals surface area contributed by atoms with Gasteiger partial charge in [-0.25, -0.2) is 0 Å². The number of imide groups is 1. The van der Waals surface area contributed by atoms with Gasteiger partial charge >= 0.3 is 0 Å². The molecule has 1 heterocycles. The number of carbonyl (C=O) groups is 2. The first-order chi connectivity index (χ1) is 12.6. The maximum absolute atomic E-state index is 12.9. The Morgan fingerprint density at radius 1 is 1.08 bits per heavy atom. The fourth-order valence-electron chi connectivity index (χ4n) is 5.24. The zero-order valence-electron chi connectivity index (χ0n) is 14.7. The molecule has 1 aliphatic heterocycles. The number of methoxy groups -OCH3 is 2. The molecule has 4 atom stereocenters. The summed E-state index contributed by atoms with van der Waals surface area (Å²) in [6.07, 6.45) is 8.07. The number of hydrogen-bond acceptors (Lipinski definition) is 5. The summed E-state index contributed by atoms with van der Waals surface area (Å²) in [5, 5.41) is 5.30. The Labute approximate surface area is 151 Å². The highest BCUT2D eigenvalue weighted by molar-refractivity contribution is 6.07. The second-order valence-corrected chi connectivity index (χ2v) is 7.56. The Hall–Kier alpha value is -2.63. The number of benzene rings is 1. The van der Waals surface area contributed by atoms with Crippen molar-refractivity contribution < 1.29 is 19.1 Å². The van der Waals surface area contributed by atoms with Gasteiger partial charge in [-0.05, 0) is 48.3 Å². The van der Waals surface area contributed by atoms with Crippen LogP contribution in [0, 0.1) is 29.1 Å². The number of ether oxygens (including phenoxy) is 2. The molecule has 4 aliphatic rings. The van der Waals surface area contributed by atoms with Crippen LogP contribution in [0.25, 0.3) is 0 Å². The Kier molecular flexibility index (Phi) is 3.12. The number of nitrogens with zero attached hydrogens (tertiary/aromatic N) is 2. The van der Waals surface area contributed by atoms with Crippen LogP contribution in [0.2, 0.25) is 0 Å². The van der Waals surface area contributed by atoms with Crippen LogP contribution in [0.1, 0.15) is 18.4 Å². The number of carbonyl (C=O) groups excluding carboxylic acids is 2. The summed E-state index contributed by atoms with van der Waals surface area (Å²) in [5.41, 5.74) is 0.858. The molecule has 2 saturated carbocycles. The van der Waals surface area contributed by atoms with E-state index in [1.165, 1.54) is 6.21 Å². The molecule has 0 aromatic heterocycles. The molecule has 3 aliphatic carbocycles. The fraction of sp³-hybridized carbons (Fsp3) is 0.450. The molecule has 6 nitrogen and oxygen atoms in total. The number of hydrogen-bond donors (Lipinski definition) is 0. The summed E-state index contributed by atoms with van der Waals surface area (Å²) in [6.45, 7) is 0. The van der Waals surface area contributed by atoms with Crippen molar-refractivity contribution in [2.24, 2.45) is 34.2 Å².